The maximum atomic E-state index is 12.9. The Balaban J connectivity index is 2.64. The minimum absolute atomic E-state index is 0.0410. The third kappa shape index (κ3) is 3.62. The van der Waals surface area contributed by atoms with Crippen molar-refractivity contribution in [1.29, 1.82) is 0 Å². The summed E-state index contributed by atoms with van der Waals surface area (Å²) in [6, 6.07) is 5.58. The first kappa shape index (κ1) is 12.6. The van der Waals surface area contributed by atoms with E-state index in [9.17, 15) is 9.18 Å². The van der Waals surface area contributed by atoms with Crippen LogP contribution in [0.25, 0.3) is 0 Å². The Morgan fingerprint density at radius 2 is 2.31 bits per heavy atom. The molecule has 88 valence electrons. The van der Waals surface area contributed by atoms with Gasteiger partial charge in [0.05, 0.1) is 0 Å². The zero-order valence-corrected chi connectivity index (χ0v) is 9.37. The normalized spacial score (nSPS) is 12.2. The molecule has 1 rings (SSSR count). The third-order valence-corrected chi connectivity index (χ3v) is 2.34. The molecule has 4 heteroatoms. The summed E-state index contributed by atoms with van der Waals surface area (Å²) in [7, 11) is 0. The molecule has 16 heavy (non-hydrogen) atoms. The molecule has 0 fully saturated rings. The van der Waals surface area contributed by atoms with Crippen molar-refractivity contribution in [2.45, 2.75) is 25.8 Å². The van der Waals surface area contributed by atoms with Gasteiger partial charge < -0.3 is 11.1 Å². The highest BCUT2D eigenvalue weighted by Crippen LogP contribution is 2.04. The number of amides is 1. The van der Waals surface area contributed by atoms with Gasteiger partial charge in [-0.25, -0.2) is 4.39 Å². The quantitative estimate of drug-likeness (QED) is 0.799. The van der Waals surface area contributed by atoms with E-state index < -0.39 is 5.82 Å². The molecule has 1 aromatic carbocycles. The SMILES string of the molecule is CCCC(CN)NC(=O)c1cccc(F)c1. The number of benzene rings is 1. The molecule has 1 unspecified atom stereocenters. The number of rotatable bonds is 5. The van der Waals surface area contributed by atoms with Crippen LogP contribution >= 0.6 is 0 Å². The van der Waals surface area contributed by atoms with Gasteiger partial charge in [-0.05, 0) is 24.6 Å². The fourth-order valence-electron chi connectivity index (χ4n) is 1.50. The van der Waals surface area contributed by atoms with E-state index in [2.05, 4.69) is 5.32 Å². The van der Waals surface area contributed by atoms with Gasteiger partial charge in [0.15, 0.2) is 0 Å². The highest BCUT2D eigenvalue weighted by molar-refractivity contribution is 5.94. The highest BCUT2D eigenvalue weighted by Gasteiger charge is 2.11. The van der Waals surface area contributed by atoms with Gasteiger partial charge in [0, 0.05) is 18.2 Å². The molecule has 0 aliphatic carbocycles. The molecule has 1 amide bonds. The van der Waals surface area contributed by atoms with Crippen LogP contribution in [0.3, 0.4) is 0 Å². The highest BCUT2D eigenvalue weighted by atomic mass is 19.1. The lowest BCUT2D eigenvalue weighted by molar-refractivity contribution is 0.0935. The fourth-order valence-corrected chi connectivity index (χ4v) is 1.50. The molecule has 1 atom stereocenters. The molecule has 0 aliphatic heterocycles. The van der Waals surface area contributed by atoms with Gasteiger partial charge in [-0.2, -0.15) is 0 Å². The molecule has 3 N–H and O–H groups in total. The largest absolute Gasteiger partial charge is 0.348 e. The van der Waals surface area contributed by atoms with Crippen LogP contribution in [0.5, 0.6) is 0 Å². The van der Waals surface area contributed by atoms with Crippen molar-refractivity contribution < 1.29 is 9.18 Å². The van der Waals surface area contributed by atoms with E-state index in [4.69, 9.17) is 5.73 Å². The van der Waals surface area contributed by atoms with Crippen LogP contribution in [-0.4, -0.2) is 18.5 Å². The van der Waals surface area contributed by atoms with Gasteiger partial charge in [0.1, 0.15) is 5.82 Å². The van der Waals surface area contributed by atoms with Gasteiger partial charge in [-0.15, -0.1) is 0 Å². The van der Waals surface area contributed by atoms with Gasteiger partial charge in [-0.3, -0.25) is 4.79 Å². The van der Waals surface area contributed by atoms with Crippen molar-refractivity contribution in [3.63, 3.8) is 0 Å². The first-order chi connectivity index (χ1) is 7.67. The van der Waals surface area contributed by atoms with Crippen molar-refractivity contribution >= 4 is 5.91 Å². The van der Waals surface area contributed by atoms with Crippen molar-refractivity contribution in [2.75, 3.05) is 6.54 Å². The summed E-state index contributed by atoms with van der Waals surface area (Å²) < 4.78 is 12.9. The Hall–Kier alpha value is -1.42. The van der Waals surface area contributed by atoms with Crippen LogP contribution in [0.4, 0.5) is 4.39 Å². The van der Waals surface area contributed by atoms with E-state index >= 15 is 0 Å². The van der Waals surface area contributed by atoms with Crippen molar-refractivity contribution in [1.82, 2.24) is 5.32 Å². The molecule has 0 saturated heterocycles. The second-order valence-electron chi connectivity index (χ2n) is 3.71. The van der Waals surface area contributed by atoms with Crippen LogP contribution in [0.15, 0.2) is 24.3 Å². The van der Waals surface area contributed by atoms with Crippen LogP contribution in [0.1, 0.15) is 30.1 Å². The molecular weight excluding hydrogens is 207 g/mol. The number of hydrogen-bond acceptors (Lipinski definition) is 2. The minimum atomic E-state index is -0.410. The summed E-state index contributed by atoms with van der Waals surface area (Å²) in [5.74, 6) is -0.684. The molecule has 1 aromatic rings. The first-order valence-electron chi connectivity index (χ1n) is 5.44. The molecule has 0 radical (unpaired) electrons. The third-order valence-electron chi connectivity index (χ3n) is 2.34. The lowest BCUT2D eigenvalue weighted by Crippen LogP contribution is -2.40. The summed E-state index contributed by atoms with van der Waals surface area (Å²) in [5.41, 5.74) is 5.85. The number of nitrogens with two attached hydrogens (primary N) is 1. The van der Waals surface area contributed by atoms with Crippen molar-refractivity contribution in [3.8, 4) is 0 Å². The lowest BCUT2D eigenvalue weighted by Gasteiger charge is -2.15. The summed E-state index contributed by atoms with van der Waals surface area (Å²) in [5, 5.41) is 2.78. The Morgan fingerprint density at radius 3 is 2.88 bits per heavy atom. The standard InChI is InChI=1S/C12H17FN2O/c1-2-4-11(8-14)15-12(16)9-5-3-6-10(13)7-9/h3,5-7,11H,2,4,8,14H2,1H3,(H,15,16). The number of carbonyl (C=O) groups excluding carboxylic acids is 1. The molecule has 0 heterocycles. The molecule has 0 aliphatic rings. The molecule has 3 nitrogen and oxygen atoms in total. The number of hydrogen-bond donors (Lipinski definition) is 2. The van der Waals surface area contributed by atoms with Crippen LogP contribution in [0, 0.1) is 5.82 Å². The van der Waals surface area contributed by atoms with E-state index in [1.807, 2.05) is 6.92 Å². The molecule has 0 aromatic heterocycles. The number of carbonyl (C=O) groups is 1. The summed E-state index contributed by atoms with van der Waals surface area (Å²) in [6.07, 6.45) is 1.78. The zero-order valence-electron chi connectivity index (χ0n) is 9.37. The topological polar surface area (TPSA) is 55.1 Å². The molecule has 0 saturated carbocycles. The van der Waals surface area contributed by atoms with E-state index in [1.54, 1.807) is 6.07 Å². The van der Waals surface area contributed by atoms with Gasteiger partial charge in [0.25, 0.3) is 5.91 Å². The Bertz CT molecular complexity index is 355. The smallest absolute Gasteiger partial charge is 0.251 e. The second-order valence-corrected chi connectivity index (χ2v) is 3.71. The predicted molar refractivity (Wildman–Crippen MR) is 61.6 cm³/mol. The molecular formula is C12H17FN2O. The van der Waals surface area contributed by atoms with Gasteiger partial charge >= 0.3 is 0 Å². The van der Waals surface area contributed by atoms with E-state index in [-0.39, 0.29) is 11.9 Å². The zero-order chi connectivity index (χ0) is 12.0. The predicted octanol–water partition coefficient (Wildman–Crippen LogP) is 1.68. The minimum Gasteiger partial charge on any atom is -0.348 e. The first-order valence-corrected chi connectivity index (χ1v) is 5.44. The maximum Gasteiger partial charge on any atom is 0.251 e. The van der Waals surface area contributed by atoms with Gasteiger partial charge in [-0.1, -0.05) is 19.4 Å². The average molecular weight is 224 g/mol. The average Bonchev–Trinajstić information content (AvgIpc) is 2.28. The molecule has 0 bridgehead atoms. The maximum absolute atomic E-state index is 12.9. The summed E-state index contributed by atoms with van der Waals surface area (Å²) in [4.78, 5) is 11.7. The lowest BCUT2D eigenvalue weighted by atomic mass is 10.1. The fraction of sp³-hybridized carbons (Fsp3) is 0.417. The van der Waals surface area contributed by atoms with Crippen LogP contribution in [-0.2, 0) is 0 Å². The number of halogens is 1. The van der Waals surface area contributed by atoms with E-state index in [0.29, 0.717) is 12.1 Å². The van der Waals surface area contributed by atoms with Crippen LogP contribution < -0.4 is 11.1 Å². The monoisotopic (exact) mass is 224 g/mol. The van der Waals surface area contributed by atoms with Crippen molar-refractivity contribution in [2.24, 2.45) is 5.73 Å². The molecule has 0 spiro atoms. The van der Waals surface area contributed by atoms with Crippen LogP contribution in [0.2, 0.25) is 0 Å². The second kappa shape index (κ2) is 6.23. The Labute approximate surface area is 94.8 Å². The number of nitrogens with one attached hydrogen (secondary N) is 1. The van der Waals surface area contributed by atoms with Crippen molar-refractivity contribution in [3.05, 3.63) is 35.6 Å². The summed E-state index contributed by atoms with van der Waals surface area (Å²) in [6.45, 7) is 2.42. The Kier molecular flexibility index (Phi) is 4.92. The van der Waals surface area contributed by atoms with Gasteiger partial charge in [0.2, 0.25) is 0 Å². The van der Waals surface area contributed by atoms with E-state index in [1.165, 1.54) is 18.2 Å². The van der Waals surface area contributed by atoms with E-state index in [0.717, 1.165) is 12.8 Å². The Morgan fingerprint density at radius 1 is 1.56 bits per heavy atom. The summed E-state index contributed by atoms with van der Waals surface area (Å²) >= 11 is 0.